The van der Waals surface area contributed by atoms with E-state index in [0.717, 1.165) is 5.92 Å². The molecule has 0 aliphatic heterocycles. The second-order valence-electron chi connectivity index (χ2n) is 3.42. The maximum atomic E-state index is 3.76. The minimum atomic E-state index is 0.450. The zero-order chi connectivity index (χ0) is 6.91. The van der Waals surface area contributed by atoms with Gasteiger partial charge in [-0.3, -0.25) is 0 Å². The third-order valence-electron chi connectivity index (χ3n) is 2.58. The molecule has 1 aliphatic carbocycles. The van der Waals surface area contributed by atoms with Crippen molar-refractivity contribution in [2.45, 2.75) is 43.9 Å². The summed E-state index contributed by atoms with van der Waals surface area (Å²) >= 11 is 3.76. The Hall–Kier alpha value is 0.480. The Balaban J connectivity index is 2.49. The third kappa shape index (κ3) is 1.70. The average molecular weight is 191 g/mol. The smallest absolute Gasteiger partial charge is 0.0255 e. The number of halogens is 1. The highest BCUT2D eigenvalue weighted by Gasteiger charge is 2.30. The highest BCUT2D eigenvalue weighted by molar-refractivity contribution is 9.10. The summed E-state index contributed by atoms with van der Waals surface area (Å²) in [4.78, 5) is 0. The summed E-state index contributed by atoms with van der Waals surface area (Å²) in [6.07, 6.45) is 5.60. The van der Waals surface area contributed by atoms with Crippen LogP contribution in [0.3, 0.4) is 0 Å². The second-order valence-corrected chi connectivity index (χ2v) is 5.24. The highest BCUT2D eigenvalue weighted by atomic mass is 79.9. The van der Waals surface area contributed by atoms with Crippen molar-refractivity contribution in [3.8, 4) is 0 Å². The predicted molar refractivity (Wildman–Crippen MR) is 45.0 cm³/mol. The van der Waals surface area contributed by atoms with Crippen molar-refractivity contribution in [1.82, 2.24) is 0 Å². The van der Waals surface area contributed by atoms with Crippen LogP contribution in [0.1, 0.15) is 39.5 Å². The molecule has 0 saturated heterocycles. The SMILES string of the molecule is CC1CCCCC1(C)Br. The molecule has 2 atom stereocenters. The van der Waals surface area contributed by atoms with E-state index in [1.807, 2.05) is 0 Å². The summed E-state index contributed by atoms with van der Waals surface area (Å²) in [5.41, 5.74) is 0. The van der Waals surface area contributed by atoms with Crippen LogP contribution in [0.2, 0.25) is 0 Å². The molecular weight excluding hydrogens is 176 g/mol. The molecule has 54 valence electrons. The number of hydrogen-bond donors (Lipinski definition) is 0. The van der Waals surface area contributed by atoms with Crippen molar-refractivity contribution in [1.29, 1.82) is 0 Å². The summed E-state index contributed by atoms with van der Waals surface area (Å²) < 4.78 is 0.450. The van der Waals surface area contributed by atoms with E-state index in [9.17, 15) is 0 Å². The molecule has 9 heavy (non-hydrogen) atoms. The number of hydrogen-bond acceptors (Lipinski definition) is 0. The van der Waals surface area contributed by atoms with Crippen molar-refractivity contribution >= 4 is 15.9 Å². The van der Waals surface area contributed by atoms with Gasteiger partial charge in [0.1, 0.15) is 0 Å². The van der Waals surface area contributed by atoms with Crippen molar-refractivity contribution in [3.63, 3.8) is 0 Å². The van der Waals surface area contributed by atoms with Gasteiger partial charge in [0.2, 0.25) is 0 Å². The normalized spacial score (nSPS) is 45.0. The number of alkyl halides is 1. The van der Waals surface area contributed by atoms with Gasteiger partial charge in [0.05, 0.1) is 0 Å². The van der Waals surface area contributed by atoms with Crippen LogP contribution in [0, 0.1) is 5.92 Å². The van der Waals surface area contributed by atoms with Gasteiger partial charge in [0.25, 0.3) is 0 Å². The first kappa shape index (κ1) is 7.59. The van der Waals surface area contributed by atoms with E-state index in [1.165, 1.54) is 25.7 Å². The number of rotatable bonds is 0. The molecule has 0 nitrogen and oxygen atoms in total. The van der Waals surface area contributed by atoms with Crippen LogP contribution in [0.25, 0.3) is 0 Å². The van der Waals surface area contributed by atoms with E-state index in [0.29, 0.717) is 4.32 Å². The molecule has 1 rings (SSSR count). The summed E-state index contributed by atoms with van der Waals surface area (Å²) in [6, 6.07) is 0. The molecule has 1 heteroatoms. The predicted octanol–water partition coefficient (Wildman–Crippen LogP) is 3.35. The van der Waals surface area contributed by atoms with Gasteiger partial charge in [0, 0.05) is 4.32 Å². The highest BCUT2D eigenvalue weighted by Crippen LogP contribution is 2.39. The summed E-state index contributed by atoms with van der Waals surface area (Å²) in [5.74, 6) is 0.867. The van der Waals surface area contributed by atoms with Crippen LogP contribution in [-0.2, 0) is 0 Å². The molecule has 0 aromatic rings. The Bertz CT molecular complexity index is 96.7. The zero-order valence-electron chi connectivity index (χ0n) is 6.28. The van der Waals surface area contributed by atoms with E-state index in [-0.39, 0.29) is 0 Å². The van der Waals surface area contributed by atoms with E-state index in [1.54, 1.807) is 0 Å². The Morgan fingerprint density at radius 1 is 1.44 bits per heavy atom. The summed E-state index contributed by atoms with van der Waals surface area (Å²) in [7, 11) is 0. The van der Waals surface area contributed by atoms with E-state index < -0.39 is 0 Å². The fourth-order valence-corrected chi connectivity index (χ4v) is 1.98. The maximum absolute atomic E-state index is 3.76. The third-order valence-corrected chi connectivity index (χ3v) is 3.76. The fourth-order valence-electron chi connectivity index (χ4n) is 1.47. The first-order valence-electron chi connectivity index (χ1n) is 3.82. The average Bonchev–Trinajstić information content (AvgIpc) is 1.77. The molecule has 0 aromatic carbocycles. The summed E-state index contributed by atoms with van der Waals surface area (Å²) in [5, 5.41) is 0. The minimum absolute atomic E-state index is 0.450. The largest absolute Gasteiger partial charge is 0.0853 e. The summed E-state index contributed by atoms with van der Waals surface area (Å²) in [6.45, 7) is 4.66. The molecule has 1 saturated carbocycles. The molecule has 0 amide bonds. The van der Waals surface area contributed by atoms with Gasteiger partial charge in [-0.2, -0.15) is 0 Å². The van der Waals surface area contributed by atoms with Crippen LogP contribution < -0.4 is 0 Å². The lowest BCUT2D eigenvalue weighted by atomic mass is 9.82. The minimum Gasteiger partial charge on any atom is -0.0853 e. The van der Waals surface area contributed by atoms with Crippen LogP contribution in [0.4, 0.5) is 0 Å². The molecule has 1 aliphatic rings. The van der Waals surface area contributed by atoms with Gasteiger partial charge in [-0.15, -0.1) is 0 Å². The lowest BCUT2D eigenvalue weighted by molar-refractivity contribution is 0.319. The van der Waals surface area contributed by atoms with Crippen LogP contribution in [0.15, 0.2) is 0 Å². The molecule has 2 unspecified atom stereocenters. The first-order valence-corrected chi connectivity index (χ1v) is 4.61. The lowest BCUT2D eigenvalue weighted by Gasteiger charge is -2.34. The fraction of sp³-hybridized carbons (Fsp3) is 1.00. The molecule has 0 N–H and O–H groups in total. The van der Waals surface area contributed by atoms with Gasteiger partial charge in [0.15, 0.2) is 0 Å². The van der Waals surface area contributed by atoms with E-state index in [2.05, 4.69) is 29.8 Å². The maximum Gasteiger partial charge on any atom is 0.0255 e. The topological polar surface area (TPSA) is 0 Å². The van der Waals surface area contributed by atoms with Gasteiger partial charge in [-0.05, 0) is 25.7 Å². The molecule has 0 bridgehead atoms. The molecular formula is C8H15Br. The monoisotopic (exact) mass is 190 g/mol. The van der Waals surface area contributed by atoms with Crippen LogP contribution >= 0.6 is 15.9 Å². The van der Waals surface area contributed by atoms with Gasteiger partial charge < -0.3 is 0 Å². The van der Waals surface area contributed by atoms with Crippen molar-refractivity contribution in [3.05, 3.63) is 0 Å². The Kier molecular flexibility index (Phi) is 2.20. The second kappa shape index (κ2) is 2.61. The molecule has 0 spiro atoms. The van der Waals surface area contributed by atoms with E-state index in [4.69, 9.17) is 0 Å². The molecule has 0 heterocycles. The molecule has 0 radical (unpaired) electrons. The Labute approximate surface area is 66.2 Å². The Morgan fingerprint density at radius 2 is 2.11 bits per heavy atom. The van der Waals surface area contributed by atoms with Crippen LogP contribution in [0.5, 0.6) is 0 Å². The van der Waals surface area contributed by atoms with Gasteiger partial charge in [-0.1, -0.05) is 35.7 Å². The zero-order valence-corrected chi connectivity index (χ0v) is 7.87. The molecule has 0 aromatic heterocycles. The lowest BCUT2D eigenvalue weighted by Crippen LogP contribution is -2.28. The molecule has 1 fully saturated rings. The first-order chi connectivity index (χ1) is 4.13. The van der Waals surface area contributed by atoms with Crippen LogP contribution in [-0.4, -0.2) is 4.32 Å². The van der Waals surface area contributed by atoms with Crippen molar-refractivity contribution < 1.29 is 0 Å². The van der Waals surface area contributed by atoms with Gasteiger partial charge >= 0.3 is 0 Å². The van der Waals surface area contributed by atoms with Crippen molar-refractivity contribution in [2.75, 3.05) is 0 Å². The quantitative estimate of drug-likeness (QED) is 0.515. The Morgan fingerprint density at radius 3 is 2.44 bits per heavy atom. The van der Waals surface area contributed by atoms with Crippen molar-refractivity contribution in [2.24, 2.45) is 5.92 Å². The van der Waals surface area contributed by atoms with Gasteiger partial charge in [-0.25, -0.2) is 0 Å². The van der Waals surface area contributed by atoms with E-state index >= 15 is 0 Å². The standard InChI is InChI=1S/C8H15Br/c1-7-5-3-4-6-8(7,2)9/h7H,3-6H2,1-2H3.